The van der Waals surface area contributed by atoms with Crippen molar-refractivity contribution in [3.63, 3.8) is 0 Å². The second kappa shape index (κ2) is 7.04. The molecule has 0 spiro atoms. The zero-order valence-corrected chi connectivity index (χ0v) is 12.6. The van der Waals surface area contributed by atoms with Crippen molar-refractivity contribution in [2.24, 2.45) is 0 Å². The summed E-state index contributed by atoms with van der Waals surface area (Å²) in [5.74, 6) is 0. The first-order valence-electron chi connectivity index (χ1n) is 6.21. The molecule has 2 heterocycles. The predicted molar refractivity (Wildman–Crippen MR) is 81.4 cm³/mol. The van der Waals surface area contributed by atoms with Gasteiger partial charge in [-0.15, -0.1) is 22.7 Å². The van der Waals surface area contributed by atoms with Crippen LogP contribution in [0.15, 0.2) is 29.6 Å². The fraction of sp³-hybridized carbons (Fsp3) is 0.429. The largest absolute Gasteiger partial charge is 0.315 e. The minimum absolute atomic E-state index is 0.976. The van der Waals surface area contributed by atoms with Gasteiger partial charge in [0, 0.05) is 34.3 Å². The monoisotopic (exact) mass is 280 g/mol. The maximum atomic E-state index is 3.19. The Kier molecular flexibility index (Phi) is 5.38. The molecule has 1 N–H and O–H groups in total. The van der Waals surface area contributed by atoms with Gasteiger partial charge < -0.3 is 10.2 Å². The molecule has 2 aromatic rings. The normalized spacial score (nSPS) is 11.3. The topological polar surface area (TPSA) is 15.3 Å². The molecule has 0 saturated heterocycles. The third-order valence-corrected chi connectivity index (χ3v) is 4.82. The number of rotatable bonds is 7. The van der Waals surface area contributed by atoms with Gasteiger partial charge in [0.1, 0.15) is 0 Å². The van der Waals surface area contributed by atoms with Crippen molar-refractivity contribution in [2.75, 3.05) is 20.6 Å². The summed E-state index contributed by atoms with van der Waals surface area (Å²) in [4.78, 5) is 6.74. The van der Waals surface area contributed by atoms with Crippen molar-refractivity contribution in [1.29, 1.82) is 0 Å². The maximum absolute atomic E-state index is 3.19. The Labute approximate surface area is 117 Å². The van der Waals surface area contributed by atoms with Crippen LogP contribution < -0.4 is 5.32 Å². The van der Waals surface area contributed by atoms with E-state index in [2.05, 4.69) is 46.9 Å². The summed E-state index contributed by atoms with van der Waals surface area (Å²) >= 11 is 3.76. The fourth-order valence-corrected chi connectivity index (χ4v) is 3.69. The molecule has 4 heteroatoms. The van der Waals surface area contributed by atoms with Crippen LogP contribution in [0.25, 0.3) is 0 Å². The standard InChI is InChI=1S/C14H20N2S2/c1-15-10-13-5-6-14(18-13)11-16(2)8-7-12-4-3-9-17-12/h3-6,9,15H,7-8,10-11H2,1-2H3. The molecule has 2 rings (SSSR count). The molecule has 0 amide bonds. The number of nitrogens with one attached hydrogen (secondary N) is 1. The Balaban J connectivity index is 1.77. The molecular weight excluding hydrogens is 260 g/mol. The number of thiophene rings is 2. The van der Waals surface area contributed by atoms with Gasteiger partial charge in [-0.2, -0.15) is 0 Å². The van der Waals surface area contributed by atoms with Gasteiger partial charge in [0.2, 0.25) is 0 Å². The SMILES string of the molecule is CNCc1ccc(CN(C)CCc2cccs2)s1. The van der Waals surface area contributed by atoms with Crippen LogP contribution in [0.2, 0.25) is 0 Å². The van der Waals surface area contributed by atoms with E-state index in [9.17, 15) is 0 Å². The van der Waals surface area contributed by atoms with E-state index >= 15 is 0 Å². The van der Waals surface area contributed by atoms with Gasteiger partial charge in [-0.3, -0.25) is 0 Å². The summed E-state index contributed by atoms with van der Waals surface area (Å²) in [5, 5.41) is 5.34. The molecule has 0 bridgehead atoms. The van der Waals surface area contributed by atoms with Crippen molar-refractivity contribution in [2.45, 2.75) is 19.5 Å². The number of likely N-dealkylation sites (N-methyl/N-ethyl adjacent to an activating group) is 1. The van der Waals surface area contributed by atoms with Crippen molar-refractivity contribution in [3.8, 4) is 0 Å². The van der Waals surface area contributed by atoms with Crippen LogP contribution in [0, 0.1) is 0 Å². The van der Waals surface area contributed by atoms with Gasteiger partial charge in [-0.25, -0.2) is 0 Å². The van der Waals surface area contributed by atoms with E-state index in [1.54, 1.807) is 0 Å². The lowest BCUT2D eigenvalue weighted by molar-refractivity contribution is 0.335. The molecule has 0 aliphatic carbocycles. The van der Waals surface area contributed by atoms with E-state index in [1.165, 1.54) is 14.6 Å². The lowest BCUT2D eigenvalue weighted by atomic mass is 10.3. The Morgan fingerprint density at radius 1 is 1.17 bits per heavy atom. The molecule has 0 aliphatic heterocycles. The van der Waals surface area contributed by atoms with Crippen LogP contribution in [0.5, 0.6) is 0 Å². The van der Waals surface area contributed by atoms with Gasteiger partial charge in [-0.05, 0) is 44.1 Å². The highest BCUT2D eigenvalue weighted by molar-refractivity contribution is 7.12. The number of hydrogen-bond acceptors (Lipinski definition) is 4. The van der Waals surface area contributed by atoms with E-state index in [0.717, 1.165) is 26.1 Å². The average Bonchev–Trinajstić information content (AvgIpc) is 2.99. The second-order valence-electron chi connectivity index (χ2n) is 4.47. The van der Waals surface area contributed by atoms with E-state index < -0.39 is 0 Å². The highest BCUT2D eigenvalue weighted by Gasteiger charge is 2.04. The van der Waals surface area contributed by atoms with Crippen LogP contribution in [0.3, 0.4) is 0 Å². The fourth-order valence-electron chi connectivity index (χ4n) is 1.88. The molecule has 98 valence electrons. The molecule has 0 radical (unpaired) electrons. The first-order chi connectivity index (χ1) is 8.78. The quantitative estimate of drug-likeness (QED) is 0.838. The second-order valence-corrected chi connectivity index (χ2v) is 6.75. The van der Waals surface area contributed by atoms with Gasteiger partial charge in [-0.1, -0.05) is 6.07 Å². The van der Waals surface area contributed by atoms with Crippen molar-refractivity contribution >= 4 is 22.7 Å². The van der Waals surface area contributed by atoms with E-state index in [1.807, 2.05) is 29.7 Å². The van der Waals surface area contributed by atoms with Gasteiger partial charge >= 0.3 is 0 Å². The van der Waals surface area contributed by atoms with Crippen LogP contribution in [0.1, 0.15) is 14.6 Å². The molecule has 18 heavy (non-hydrogen) atoms. The summed E-state index contributed by atoms with van der Waals surface area (Å²) in [7, 11) is 4.19. The Morgan fingerprint density at radius 2 is 2.00 bits per heavy atom. The molecule has 0 atom stereocenters. The summed E-state index contributed by atoms with van der Waals surface area (Å²) < 4.78 is 0. The Hall–Kier alpha value is -0.680. The summed E-state index contributed by atoms with van der Waals surface area (Å²) in [6.07, 6.45) is 1.16. The first-order valence-corrected chi connectivity index (χ1v) is 7.90. The maximum Gasteiger partial charge on any atom is 0.0325 e. The lowest BCUT2D eigenvalue weighted by Gasteiger charge is -2.14. The first kappa shape index (κ1) is 13.7. The van der Waals surface area contributed by atoms with E-state index in [-0.39, 0.29) is 0 Å². The molecule has 0 aromatic carbocycles. The zero-order chi connectivity index (χ0) is 12.8. The van der Waals surface area contributed by atoms with Gasteiger partial charge in [0.05, 0.1) is 0 Å². The van der Waals surface area contributed by atoms with Crippen LogP contribution >= 0.6 is 22.7 Å². The molecular formula is C14H20N2S2. The molecule has 0 unspecified atom stereocenters. The molecule has 0 saturated carbocycles. The minimum Gasteiger partial charge on any atom is -0.315 e. The van der Waals surface area contributed by atoms with Crippen molar-refractivity contribution < 1.29 is 0 Å². The highest BCUT2D eigenvalue weighted by atomic mass is 32.1. The van der Waals surface area contributed by atoms with E-state index in [0.29, 0.717) is 0 Å². The van der Waals surface area contributed by atoms with Gasteiger partial charge in [0.15, 0.2) is 0 Å². The summed E-state index contributed by atoms with van der Waals surface area (Å²) in [6, 6.07) is 8.82. The molecule has 2 aromatic heterocycles. The number of nitrogens with zero attached hydrogens (tertiary/aromatic N) is 1. The van der Waals surface area contributed by atoms with Crippen LogP contribution in [-0.4, -0.2) is 25.5 Å². The minimum atomic E-state index is 0.976. The van der Waals surface area contributed by atoms with Gasteiger partial charge in [0.25, 0.3) is 0 Å². The molecule has 0 fully saturated rings. The third-order valence-electron chi connectivity index (χ3n) is 2.81. The Bertz CT molecular complexity index is 448. The zero-order valence-electron chi connectivity index (χ0n) is 11.0. The third kappa shape index (κ3) is 4.21. The van der Waals surface area contributed by atoms with Crippen molar-refractivity contribution in [1.82, 2.24) is 10.2 Å². The predicted octanol–water partition coefficient (Wildman–Crippen LogP) is 3.20. The lowest BCUT2D eigenvalue weighted by Crippen LogP contribution is -2.19. The summed E-state index contributed by atoms with van der Waals surface area (Å²) in [5.41, 5.74) is 0. The van der Waals surface area contributed by atoms with Crippen LogP contribution in [0.4, 0.5) is 0 Å². The van der Waals surface area contributed by atoms with Crippen LogP contribution in [-0.2, 0) is 19.5 Å². The van der Waals surface area contributed by atoms with Crippen molar-refractivity contribution in [3.05, 3.63) is 44.3 Å². The smallest absolute Gasteiger partial charge is 0.0325 e. The number of hydrogen-bond donors (Lipinski definition) is 1. The molecule has 2 nitrogen and oxygen atoms in total. The average molecular weight is 280 g/mol. The van der Waals surface area contributed by atoms with E-state index in [4.69, 9.17) is 0 Å². The molecule has 0 aliphatic rings. The Morgan fingerprint density at radius 3 is 2.72 bits per heavy atom. The summed E-state index contributed by atoms with van der Waals surface area (Å²) in [6.45, 7) is 3.16. The highest BCUT2D eigenvalue weighted by Crippen LogP contribution is 2.18.